The van der Waals surface area contributed by atoms with Crippen LogP contribution in [0.2, 0.25) is 0 Å². The molecule has 0 fully saturated rings. The number of hydrogen-bond acceptors (Lipinski definition) is 4. The molecule has 0 heterocycles. The van der Waals surface area contributed by atoms with Gasteiger partial charge in [-0.25, -0.2) is 9.18 Å². The van der Waals surface area contributed by atoms with E-state index in [1.54, 1.807) is 33.2 Å². The number of amides is 2. The Bertz CT molecular complexity index is 721. The van der Waals surface area contributed by atoms with E-state index >= 15 is 0 Å². The van der Waals surface area contributed by atoms with Crippen molar-refractivity contribution in [1.82, 2.24) is 5.32 Å². The number of anilines is 1. The number of ether oxygens (including phenoxy) is 1. The SMILES string of the molecule is CC.CCOC(=O)N(C)c1ccc(-c2ccc(CN)cc2)c(F)c1.CNC=O. The molecule has 2 aromatic carbocycles. The Labute approximate surface area is 166 Å². The molecule has 2 rings (SSSR count). The Morgan fingerprint density at radius 3 is 2.21 bits per heavy atom. The monoisotopic (exact) mass is 391 g/mol. The summed E-state index contributed by atoms with van der Waals surface area (Å²) < 4.78 is 19.2. The molecular weight excluding hydrogens is 361 g/mol. The van der Waals surface area contributed by atoms with Crippen molar-refractivity contribution in [3.63, 3.8) is 0 Å². The average Bonchev–Trinajstić information content (AvgIpc) is 2.75. The van der Waals surface area contributed by atoms with E-state index in [1.165, 1.54) is 11.0 Å². The van der Waals surface area contributed by atoms with Crippen LogP contribution >= 0.6 is 0 Å². The number of benzene rings is 2. The van der Waals surface area contributed by atoms with Crippen LogP contribution in [0.15, 0.2) is 42.5 Å². The predicted octanol–water partition coefficient (Wildman–Crippen LogP) is 3.93. The fraction of sp³-hybridized carbons (Fsp3) is 0.333. The first-order valence-electron chi connectivity index (χ1n) is 9.08. The topological polar surface area (TPSA) is 84.7 Å². The van der Waals surface area contributed by atoms with Crippen molar-refractivity contribution < 1.29 is 18.7 Å². The van der Waals surface area contributed by atoms with E-state index in [9.17, 15) is 9.18 Å². The highest BCUT2D eigenvalue weighted by atomic mass is 19.1. The largest absolute Gasteiger partial charge is 0.449 e. The zero-order valence-corrected chi connectivity index (χ0v) is 17.2. The van der Waals surface area contributed by atoms with Gasteiger partial charge in [-0.1, -0.05) is 38.1 Å². The van der Waals surface area contributed by atoms with Crippen molar-refractivity contribution in [2.45, 2.75) is 27.3 Å². The summed E-state index contributed by atoms with van der Waals surface area (Å²) in [6.07, 6.45) is 0.113. The van der Waals surface area contributed by atoms with E-state index in [2.05, 4.69) is 5.32 Å². The number of nitrogens with two attached hydrogens (primary N) is 1. The molecule has 0 aliphatic heterocycles. The van der Waals surface area contributed by atoms with Gasteiger partial charge < -0.3 is 15.8 Å². The number of nitrogens with one attached hydrogen (secondary N) is 1. The zero-order valence-electron chi connectivity index (χ0n) is 17.2. The van der Waals surface area contributed by atoms with Gasteiger partial charge in [0.25, 0.3) is 0 Å². The van der Waals surface area contributed by atoms with Crippen LogP contribution in [0.25, 0.3) is 11.1 Å². The smallest absolute Gasteiger partial charge is 0.413 e. The highest BCUT2D eigenvalue weighted by Crippen LogP contribution is 2.27. The highest BCUT2D eigenvalue weighted by molar-refractivity contribution is 5.87. The Balaban J connectivity index is 0.00000108. The molecule has 3 N–H and O–H groups in total. The first kappa shape index (κ1) is 25.1. The molecule has 0 saturated carbocycles. The van der Waals surface area contributed by atoms with Gasteiger partial charge in [0, 0.05) is 31.9 Å². The third-order valence-corrected chi connectivity index (χ3v) is 3.50. The Morgan fingerprint density at radius 2 is 1.79 bits per heavy atom. The minimum Gasteiger partial charge on any atom is -0.449 e. The summed E-state index contributed by atoms with van der Waals surface area (Å²) in [7, 11) is 3.11. The van der Waals surface area contributed by atoms with Crippen molar-refractivity contribution in [2.24, 2.45) is 5.73 Å². The summed E-state index contributed by atoms with van der Waals surface area (Å²) in [6.45, 7) is 6.45. The van der Waals surface area contributed by atoms with E-state index in [1.807, 2.05) is 38.1 Å². The molecule has 0 spiro atoms. The minimum absolute atomic E-state index is 0.275. The van der Waals surface area contributed by atoms with Gasteiger partial charge in [0.15, 0.2) is 0 Å². The maximum atomic E-state index is 14.3. The quantitative estimate of drug-likeness (QED) is 0.756. The summed E-state index contributed by atoms with van der Waals surface area (Å²) in [5.41, 5.74) is 8.22. The van der Waals surface area contributed by atoms with Crippen LogP contribution < -0.4 is 16.0 Å². The summed E-state index contributed by atoms with van der Waals surface area (Å²) >= 11 is 0. The van der Waals surface area contributed by atoms with E-state index in [4.69, 9.17) is 15.3 Å². The maximum Gasteiger partial charge on any atom is 0.413 e. The molecule has 0 bridgehead atoms. The van der Waals surface area contributed by atoms with E-state index in [0.29, 0.717) is 24.2 Å². The average molecular weight is 391 g/mol. The van der Waals surface area contributed by atoms with Crippen molar-refractivity contribution in [1.29, 1.82) is 0 Å². The number of nitrogens with zero attached hydrogens (tertiary/aromatic N) is 1. The van der Waals surface area contributed by atoms with Gasteiger partial charge in [-0.05, 0) is 36.2 Å². The molecule has 6 nitrogen and oxygen atoms in total. The van der Waals surface area contributed by atoms with Crippen LogP contribution in [0.1, 0.15) is 26.3 Å². The van der Waals surface area contributed by atoms with E-state index in [0.717, 1.165) is 11.1 Å². The lowest BCUT2D eigenvalue weighted by Gasteiger charge is -2.17. The van der Waals surface area contributed by atoms with Gasteiger partial charge in [0.1, 0.15) is 5.82 Å². The molecule has 0 saturated heterocycles. The van der Waals surface area contributed by atoms with Gasteiger partial charge in [-0.15, -0.1) is 0 Å². The molecule has 2 amide bonds. The van der Waals surface area contributed by atoms with Crippen LogP contribution in [-0.4, -0.2) is 33.2 Å². The first-order valence-corrected chi connectivity index (χ1v) is 9.08. The van der Waals surface area contributed by atoms with Crippen molar-refractivity contribution in [2.75, 3.05) is 25.6 Å². The molecular formula is C21H30FN3O3. The van der Waals surface area contributed by atoms with Gasteiger partial charge >= 0.3 is 6.09 Å². The predicted molar refractivity (Wildman–Crippen MR) is 112 cm³/mol. The minimum atomic E-state index is -0.512. The maximum absolute atomic E-state index is 14.3. The third-order valence-electron chi connectivity index (χ3n) is 3.50. The molecule has 0 atom stereocenters. The molecule has 0 radical (unpaired) electrons. The van der Waals surface area contributed by atoms with Crippen molar-refractivity contribution in [3.8, 4) is 11.1 Å². The second-order valence-electron chi connectivity index (χ2n) is 5.23. The number of rotatable bonds is 5. The van der Waals surface area contributed by atoms with Crippen LogP contribution in [0, 0.1) is 5.82 Å². The van der Waals surface area contributed by atoms with E-state index < -0.39 is 11.9 Å². The van der Waals surface area contributed by atoms with Crippen LogP contribution in [0.3, 0.4) is 0 Å². The Hall–Kier alpha value is -2.93. The first-order chi connectivity index (χ1) is 13.5. The number of carbonyl (C=O) groups is 2. The van der Waals surface area contributed by atoms with Gasteiger partial charge in [-0.3, -0.25) is 9.69 Å². The van der Waals surface area contributed by atoms with E-state index in [-0.39, 0.29) is 6.61 Å². The van der Waals surface area contributed by atoms with Gasteiger partial charge in [0.2, 0.25) is 6.41 Å². The molecule has 0 aliphatic carbocycles. The summed E-state index contributed by atoms with van der Waals surface area (Å²) in [5, 5.41) is 2.25. The van der Waals surface area contributed by atoms with Gasteiger partial charge in [-0.2, -0.15) is 0 Å². The zero-order chi connectivity index (χ0) is 21.5. The van der Waals surface area contributed by atoms with Crippen molar-refractivity contribution in [3.05, 3.63) is 53.8 Å². The highest BCUT2D eigenvalue weighted by Gasteiger charge is 2.14. The molecule has 0 unspecified atom stereocenters. The molecule has 0 aromatic heterocycles. The second-order valence-corrected chi connectivity index (χ2v) is 5.23. The molecule has 154 valence electrons. The Kier molecular flexibility index (Phi) is 12.7. The fourth-order valence-corrected chi connectivity index (χ4v) is 2.09. The van der Waals surface area contributed by atoms with Crippen molar-refractivity contribution >= 4 is 18.2 Å². The van der Waals surface area contributed by atoms with Crippen LogP contribution in [-0.2, 0) is 16.1 Å². The number of carbonyl (C=O) groups excluding carboxylic acids is 2. The normalized spacial score (nSPS) is 9.11. The third kappa shape index (κ3) is 7.75. The summed E-state index contributed by atoms with van der Waals surface area (Å²) in [6, 6.07) is 12.1. The fourth-order valence-electron chi connectivity index (χ4n) is 2.09. The molecule has 2 aromatic rings. The Morgan fingerprint density at radius 1 is 1.21 bits per heavy atom. The standard InChI is InChI=1S/C17H19FN2O2.C2H5NO.C2H6/c1-3-22-17(21)20(2)14-8-9-15(16(18)10-14)13-6-4-12(11-19)5-7-13;1-3-2-4;1-2/h4-10H,3,11,19H2,1-2H3;2H,1H3,(H,3,4);1-2H3. The second kappa shape index (κ2) is 14.2. The lowest BCUT2D eigenvalue weighted by Crippen LogP contribution is -2.27. The number of hydrogen-bond donors (Lipinski definition) is 2. The van der Waals surface area contributed by atoms with Crippen LogP contribution in [0.4, 0.5) is 14.9 Å². The molecule has 7 heteroatoms. The molecule has 0 aliphatic rings. The lowest BCUT2D eigenvalue weighted by molar-refractivity contribution is -0.109. The molecule has 28 heavy (non-hydrogen) atoms. The summed E-state index contributed by atoms with van der Waals surface area (Å²) in [4.78, 5) is 22.0. The van der Waals surface area contributed by atoms with Gasteiger partial charge in [0.05, 0.1) is 6.61 Å². The lowest BCUT2D eigenvalue weighted by atomic mass is 10.0. The van der Waals surface area contributed by atoms with Crippen LogP contribution in [0.5, 0.6) is 0 Å². The number of halogens is 1. The summed E-state index contributed by atoms with van der Waals surface area (Å²) in [5.74, 6) is -0.394.